The van der Waals surface area contributed by atoms with Crippen LogP contribution in [0.3, 0.4) is 0 Å². The first kappa shape index (κ1) is 13.6. The van der Waals surface area contributed by atoms with Crippen LogP contribution in [-0.4, -0.2) is 48.1 Å². The van der Waals surface area contributed by atoms with E-state index in [1.54, 1.807) is 0 Å². The van der Waals surface area contributed by atoms with Crippen molar-refractivity contribution in [2.24, 2.45) is 0 Å². The molecule has 3 rings (SSSR count). The number of benzene rings is 1. The van der Waals surface area contributed by atoms with E-state index in [0.29, 0.717) is 0 Å². The van der Waals surface area contributed by atoms with Crippen LogP contribution in [0.1, 0.15) is 0 Å². The van der Waals surface area contributed by atoms with E-state index in [1.807, 2.05) is 0 Å². The Morgan fingerprint density at radius 2 is 2.10 bits per heavy atom. The van der Waals surface area contributed by atoms with Crippen molar-refractivity contribution in [3.05, 3.63) is 28.3 Å². The second-order valence-electron chi connectivity index (χ2n) is 5.00. The molecule has 0 aliphatic carbocycles. The summed E-state index contributed by atoms with van der Waals surface area (Å²) in [5, 5.41) is 23.2. The number of nitrogens with zero attached hydrogens (tertiary/aromatic N) is 2. The van der Waals surface area contributed by atoms with Gasteiger partial charge >= 0.3 is 6.03 Å². The minimum Gasteiger partial charge on any atom is -0.506 e. The summed E-state index contributed by atoms with van der Waals surface area (Å²) in [5.41, 5.74) is -0.355. The second-order valence-corrected chi connectivity index (χ2v) is 7.15. The van der Waals surface area contributed by atoms with E-state index >= 15 is 0 Å². The minimum atomic E-state index is -3.28. The molecule has 2 aliphatic heterocycles. The Labute approximate surface area is 119 Å². The molecule has 21 heavy (non-hydrogen) atoms. The maximum Gasteiger partial charge on any atom is 0.322 e. The number of rotatable bonds is 2. The van der Waals surface area contributed by atoms with Gasteiger partial charge in [0.05, 0.1) is 34.2 Å². The number of non-ortho nitro benzene ring substituents is 1. The minimum absolute atomic E-state index is 0.0636. The number of aromatic hydroxyl groups is 1. The van der Waals surface area contributed by atoms with E-state index in [1.165, 1.54) is 0 Å². The second kappa shape index (κ2) is 4.32. The number of hydrogen-bond acceptors (Lipinski definition) is 6. The summed E-state index contributed by atoms with van der Waals surface area (Å²) in [4.78, 5) is 23.2. The van der Waals surface area contributed by atoms with Crippen molar-refractivity contribution in [3.63, 3.8) is 0 Å². The number of carbonyl (C=O) groups is 1. The van der Waals surface area contributed by atoms with Gasteiger partial charge in [0.1, 0.15) is 5.75 Å². The third-order valence-corrected chi connectivity index (χ3v) is 5.33. The van der Waals surface area contributed by atoms with E-state index in [2.05, 4.69) is 5.32 Å². The lowest BCUT2D eigenvalue weighted by Crippen LogP contribution is -2.37. The Bertz CT molecular complexity index is 746. The highest BCUT2D eigenvalue weighted by molar-refractivity contribution is 7.91. The first-order chi connectivity index (χ1) is 9.78. The van der Waals surface area contributed by atoms with Gasteiger partial charge in [0.2, 0.25) is 0 Å². The topological polar surface area (TPSA) is 130 Å². The van der Waals surface area contributed by atoms with E-state index < -0.39 is 32.9 Å². The molecule has 2 aliphatic rings. The lowest BCUT2D eigenvalue weighted by atomic mass is 10.1. The summed E-state index contributed by atoms with van der Waals surface area (Å²) in [7, 11) is -3.28. The Morgan fingerprint density at radius 3 is 2.76 bits per heavy atom. The molecule has 2 N–H and O–H groups in total. The first-order valence-corrected chi connectivity index (χ1v) is 7.88. The number of phenolic OH excluding ortho intramolecular Hbond substituents is 1. The van der Waals surface area contributed by atoms with Gasteiger partial charge in [-0.3, -0.25) is 15.0 Å². The molecule has 0 saturated carbocycles. The zero-order valence-corrected chi connectivity index (χ0v) is 11.4. The van der Waals surface area contributed by atoms with E-state index in [4.69, 9.17) is 0 Å². The van der Waals surface area contributed by atoms with Gasteiger partial charge in [0.15, 0.2) is 9.84 Å². The van der Waals surface area contributed by atoms with Gasteiger partial charge in [-0.15, -0.1) is 0 Å². The maximum absolute atomic E-state index is 12.0. The highest BCUT2D eigenvalue weighted by Gasteiger charge is 2.50. The van der Waals surface area contributed by atoms with Crippen LogP contribution in [0.25, 0.3) is 0 Å². The molecule has 0 unspecified atom stereocenters. The molecule has 0 aromatic heterocycles. The smallest absolute Gasteiger partial charge is 0.322 e. The summed E-state index contributed by atoms with van der Waals surface area (Å²) in [5.74, 6) is -0.727. The molecule has 2 atom stereocenters. The molecular formula is C11H11N3O6S. The van der Waals surface area contributed by atoms with Crippen molar-refractivity contribution < 1.29 is 23.2 Å². The lowest BCUT2D eigenvalue weighted by Gasteiger charge is -2.21. The zero-order valence-electron chi connectivity index (χ0n) is 10.6. The average molecular weight is 313 g/mol. The number of fused-ring (bicyclic) bond motifs is 1. The Morgan fingerprint density at radius 1 is 1.38 bits per heavy atom. The predicted molar refractivity (Wildman–Crippen MR) is 72.0 cm³/mol. The quantitative estimate of drug-likeness (QED) is 0.449. The largest absolute Gasteiger partial charge is 0.506 e. The molecule has 1 aromatic carbocycles. The van der Waals surface area contributed by atoms with Gasteiger partial charge < -0.3 is 10.4 Å². The molecule has 2 saturated heterocycles. The van der Waals surface area contributed by atoms with Crippen LogP contribution in [0.2, 0.25) is 0 Å². The molecule has 0 radical (unpaired) electrons. The van der Waals surface area contributed by atoms with Crippen LogP contribution in [0, 0.1) is 10.1 Å². The third kappa shape index (κ3) is 2.17. The molecule has 0 spiro atoms. The van der Waals surface area contributed by atoms with Gasteiger partial charge in [-0.25, -0.2) is 13.2 Å². The van der Waals surface area contributed by atoms with Crippen molar-refractivity contribution >= 4 is 27.2 Å². The molecule has 112 valence electrons. The molecule has 0 bridgehead atoms. The fraction of sp³-hybridized carbons (Fsp3) is 0.364. The van der Waals surface area contributed by atoms with Crippen molar-refractivity contribution in [1.29, 1.82) is 0 Å². The molecular weight excluding hydrogens is 302 g/mol. The van der Waals surface area contributed by atoms with Crippen LogP contribution >= 0.6 is 0 Å². The number of hydrogen-bond donors (Lipinski definition) is 2. The number of sulfone groups is 1. The van der Waals surface area contributed by atoms with E-state index in [-0.39, 0.29) is 28.6 Å². The fourth-order valence-corrected chi connectivity index (χ4v) is 4.60. The number of nitrogens with one attached hydrogen (secondary N) is 1. The molecule has 2 amide bonds. The third-order valence-electron chi connectivity index (χ3n) is 3.61. The van der Waals surface area contributed by atoms with Crippen molar-refractivity contribution in [1.82, 2.24) is 5.32 Å². The summed E-state index contributed by atoms with van der Waals surface area (Å²) >= 11 is 0. The van der Waals surface area contributed by atoms with Crippen LogP contribution in [0.5, 0.6) is 5.75 Å². The molecule has 2 fully saturated rings. The standard InChI is InChI=1S/C11H11N3O6S/c15-10-2-1-6(14(17)18)3-8(10)13-9-5-21(19,20)4-7(9)12-11(13)16/h1-3,7,9,15H,4-5H2,(H,12,16)/t7-,9+/m1/s1. The van der Waals surface area contributed by atoms with Crippen molar-refractivity contribution in [2.45, 2.75) is 12.1 Å². The van der Waals surface area contributed by atoms with Crippen molar-refractivity contribution in [3.8, 4) is 5.75 Å². The summed E-state index contributed by atoms with van der Waals surface area (Å²) in [6.45, 7) is 0. The molecule has 1 aromatic rings. The zero-order chi connectivity index (χ0) is 15.4. The molecule has 9 nitrogen and oxygen atoms in total. The number of nitro benzene ring substituents is 1. The van der Waals surface area contributed by atoms with Crippen LogP contribution < -0.4 is 10.2 Å². The summed E-state index contributed by atoms with van der Waals surface area (Å²) < 4.78 is 23.3. The number of phenols is 1. The van der Waals surface area contributed by atoms with Gasteiger partial charge in [0.25, 0.3) is 5.69 Å². The number of amides is 2. The average Bonchev–Trinajstić information content (AvgIpc) is 2.80. The van der Waals surface area contributed by atoms with Crippen LogP contribution in [-0.2, 0) is 9.84 Å². The van der Waals surface area contributed by atoms with Crippen LogP contribution in [0.15, 0.2) is 18.2 Å². The Balaban J connectivity index is 2.05. The number of anilines is 1. The first-order valence-electron chi connectivity index (χ1n) is 6.06. The highest BCUT2D eigenvalue weighted by atomic mass is 32.2. The predicted octanol–water partition coefficient (Wildman–Crippen LogP) is -0.00440. The maximum atomic E-state index is 12.0. The van der Waals surface area contributed by atoms with Gasteiger partial charge in [-0.05, 0) is 6.07 Å². The van der Waals surface area contributed by atoms with E-state index in [0.717, 1.165) is 23.1 Å². The van der Waals surface area contributed by atoms with E-state index in [9.17, 15) is 28.4 Å². The molecule has 10 heteroatoms. The Hall–Kier alpha value is -2.36. The normalized spacial score (nSPS) is 26.5. The lowest BCUT2D eigenvalue weighted by molar-refractivity contribution is -0.384. The van der Waals surface area contributed by atoms with Gasteiger partial charge in [0, 0.05) is 12.1 Å². The Kier molecular flexibility index (Phi) is 2.80. The number of nitro groups is 1. The number of urea groups is 1. The highest BCUT2D eigenvalue weighted by Crippen LogP contribution is 2.37. The van der Waals surface area contributed by atoms with Crippen molar-refractivity contribution in [2.75, 3.05) is 16.4 Å². The molecule has 2 heterocycles. The van der Waals surface area contributed by atoms with Crippen LogP contribution in [0.4, 0.5) is 16.2 Å². The fourth-order valence-electron chi connectivity index (χ4n) is 2.71. The summed E-state index contributed by atoms with van der Waals surface area (Å²) in [6, 6.07) is 1.46. The summed E-state index contributed by atoms with van der Waals surface area (Å²) in [6.07, 6.45) is 0. The number of carbonyl (C=O) groups excluding carboxylic acids is 1. The van der Waals surface area contributed by atoms with Gasteiger partial charge in [-0.1, -0.05) is 0 Å². The monoisotopic (exact) mass is 313 g/mol. The SMILES string of the molecule is O=C1N[C@@H]2CS(=O)(=O)C[C@@H]2N1c1cc([N+](=O)[O-])ccc1O. The van der Waals surface area contributed by atoms with Gasteiger partial charge in [-0.2, -0.15) is 0 Å².